The molecular weight excluding hydrogens is 353 g/mol. The molecule has 24 heavy (non-hydrogen) atoms. The molecule has 3 N–H and O–H groups in total. The predicted octanol–water partition coefficient (Wildman–Crippen LogP) is 1.44. The van der Waals surface area contributed by atoms with Crippen LogP contribution in [0.2, 0.25) is 0 Å². The van der Waals surface area contributed by atoms with Crippen LogP contribution >= 0.6 is 7.75 Å². The summed E-state index contributed by atoms with van der Waals surface area (Å²) in [6, 6.07) is 5.41. The van der Waals surface area contributed by atoms with Gasteiger partial charge in [0.15, 0.2) is 0 Å². The number of nitrogens with one attached hydrogen (secondary N) is 2. The van der Waals surface area contributed by atoms with Crippen molar-refractivity contribution in [2.24, 2.45) is 0 Å². The summed E-state index contributed by atoms with van der Waals surface area (Å²) < 4.78 is 43.3. The fourth-order valence-electron chi connectivity index (χ4n) is 2.36. The maximum Gasteiger partial charge on any atom is 0.405 e. The van der Waals surface area contributed by atoms with Gasteiger partial charge in [0.05, 0.1) is 5.75 Å². The molecule has 134 valence electrons. The van der Waals surface area contributed by atoms with E-state index in [4.69, 9.17) is 0 Å². The molecule has 0 spiro atoms. The van der Waals surface area contributed by atoms with Gasteiger partial charge in [0.25, 0.3) is 0 Å². The fraction of sp³-hybridized carbons (Fsp3) is 0.429. The molecule has 0 aliphatic carbocycles. The summed E-state index contributed by atoms with van der Waals surface area (Å²) >= 11 is 0. The van der Waals surface area contributed by atoms with Crippen LogP contribution in [-0.2, 0) is 31.3 Å². The molecule has 1 heterocycles. The average Bonchev–Trinajstić information content (AvgIpc) is 2.94. The highest BCUT2D eigenvalue weighted by molar-refractivity contribution is 7.88. The molecule has 0 saturated heterocycles. The molecule has 1 aromatic heterocycles. The standard InChI is InChI=1S/C14H22N3O5PS/c1-15-24(20,21)10-11-4-5-14-13(8-11)12(9-16-14)6-7-17(2)23(18,19)22-3/h4-5,8-9,15-16H,6-7,10H2,1-3H3,(H,18,19). The van der Waals surface area contributed by atoms with Gasteiger partial charge in [-0.3, -0.25) is 0 Å². The zero-order valence-electron chi connectivity index (χ0n) is 13.8. The zero-order chi connectivity index (χ0) is 18.0. The van der Waals surface area contributed by atoms with Gasteiger partial charge in [-0.05, 0) is 43.8 Å². The fourth-order valence-corrected chi connectivity index (χ4v) is 3.76. The molecule has 8 nitrogen and oxygen atoms in total. The Morgan fingerprint density at radius 2 is 2.12 bits per heavy atom. The second-order valence-electron chi connectivity index (χ2n) is 5.46. The van der Waals surface area contributed by atoms with Crippen molar-refractivity contribution in [2.45, 2.75) is 12.2 Å². The summed E-state index contributed by atoms with van der Waals surface area (Å²) in [5.41, 5.74) is 2.50. The third kappa shape index (κ3) is 4.44. The van der Waals surface area contributed by atoms with E-state index < -0.39 is 17.8 Å². The number of likely N-dealkylation sites (N-methyl/N-ethyl adjacent to an activating group) is 1. The van der Waals surface area contributed by atoms with Gasteiger partial charge in [0, 0.05) is 30.8 Å². The first kappa shape index (κ1) is 19.1. The Balaban J connectivity index is 2.21. The van der Waals surface area contributed by atoms with Crippen LogP contribution in [0.3, 0.4) is 0 Å². The second-order valence-corrected chi connectivity index (χ2v) is 9.42. The van der Waals surface area contributed by atoms with E-state index >= 15 is 0 Å². The molecule has 2 rings (SSSR count). The Labute approximate surface area is 141 Å². The van der Waals surface area contributed by atoms with Crippen LogP contribution in [0.1, 0.15) is 11.1 Å². The molecule has 0 aliphatic rings. The summed E-state index contributed by atoms with van der Waals surface area (Å²) in [5.74, 6) is -0.0977. The minimum Gasteiger partial charge on any atom is -0.361 e. The highest BCUT2D eigenvalue weighted by Gasteiger charge is 2.24. The van der Waals surface area contributed by atoms with E-state index in [-0.39, 0.29) is 5.75 Å². The summed E-state index contributed by atoms with van der Waals surface area (Å²) in [6.07, 6.45) is 2.34. The normalized spacial score (nSPS) is 15.0. The summed E-state index contributed by atoms with van der Waals surface area (Å²) in [7, 11) is -3.00. The topological polar surface area (TPSA) is 112 Å². The van der Waals surface area contributed by atoms with Crippen LogP contribution in [-0.4, -0.2) is 50.7 Å². The molecule has 0 bridgehead atoms. The van der Waals surface area contributed by atoms with Gasteiger partial charge in [0.2, 0.25) is 10.0 Å². The van der Waals surface area contributed by atoms with E-state index in [1.807, 2.05) is 18.3 Å². The highest BCUT2D eigenvalue weighted by Crippen LogP contribution is 2.43. The van der Waals surface area contributed by atoms with Crippen LogP contribution < -0.4 is 4.72 Å². The number of aromatic nitrogens is 1. The molecule has 1 atom stereocenters. The van der Waals surface area contributed by atoms with Crippen LogP contribution in [0.15, 0.2) is 24.4 Å². The molecule has 10 heteroatoms. The van der Waals surface area contributed by atoms with Gasteiger partial charge in [-0.2, -0.15) is 0 Å². The Morgan fingerprint density at radius 3 is 2.75 bits per heavy atom. The molecular formula is C14H22N3O5PS. The number of aromatic amines is 1. The van der Waals surface area contributed by atoms with Crippen LogP contribution in [0.5, 0.6) is 0 Å². The lowest BCUT2D eigenvalue weighted by atomic mass is 10.1. The van der Waals surface area contributed by atoms with E-state index in [1.165, 1.54) is 25.9 Å². The van der Waals surface area contributed by atoms with Crippen molar-refractivity contribution in [1.29, 1.82) is 0 Å². The smallest absolute Gasteiger partial charge is 0.361 e. The lowest BCUT2D eigenvalue weighted by Crippen LogP contribution is -2.20. The summed E-state index contributed by atoms with van der Waals surface area (Å²) in [6.45, 7) is 0.327. The largest absolute Gasteiger partial charge is 0.405 e. The van der Waals surface area contributed by atoms with Gasteiger partial charge in [-0.1, -0.05) is 6.07 Å². The molecule has 0 amide bonds. The lowest BCUT2D eigenvalue weighted by Gasteiger charge is -2.20. The van der Waals surface area contributed by atoms with Crippen molar-refractivity contribution >= 4 is 28.7 Å². The molecule has 1 aromatic carbocycles. The molecule has 0 radical (unpaired) electrons. The van der Waals surface area contributed by atoms with Gasteiger partial charge >= 0.3 is 7.75 Å². The maximum absolute atomic E-state index is 11.7. The first-order valence-electron chi connectivity index (χ1n) is 7.29. The number of hydrogen-bond donors (Lipinski definition) is 3. The number of hydrogen-bond acceptors (Lipinski definition) is 4. The van der Waals surface area contributed by atoms with Crippen LogP contribution in [0.4, 0.5) is 0 Å². The number of nitrogens with zero attached hydrogens (tertiary/aromatic N) is 1. The first-order chi connectivity index (χ1) is 11.2. The third-order valence-corrected chi connectivity index (χ3v) is 6.75. The molecule has 1 unspecified atom stereocenters. The Bertz CT molecular complexity index is 864. The number of fused-ring (bicyclic) bond motifs is 1. The van der Waals surface area contributed by atoms with E-state index in [2.05, 4.69) is 14.2 Å². The average molecular weight is 375 g/mol. The maximum atomic E-state index is 11.7. The Morgan fingerprint density at radius 1 is 1.42 bits per heavy atom. The first-order valence-corrected chi connectivity index (χ1v) is 10.5. The van der Waals surface area contributed by atoms with Crippen molar-refractivity contribution in [3.8, 4) is 0 Å². The third-order valence-electron chi connectivity index (χ3n) is 3.87. The lowest BCUT2D eigenvalue weighted by molar-refractivity contribution is 0.253. The monoisotopic (exact) mass is 375 g/mol. The van der Waals surface area contributed by atoms with Crippen LogP contribution in [0.25, 0.3) is 10.9 Å². The van der Waals surface area contributed by atoms with Crippen molar-refractivity contribution in [2.75, 3.05) is 27.7 Å². The summed E-state index contributed by atoms with van der Waals surface area (Å²) in [5, 5.41) is 0.900. The van der Waals surface area contributed by atoms with E-state index in [9.17, 15) is 17.9 Å². The minimum absolute atomic E-state index is 0.0977. The van der Waals surface area contributed by atoms with Crippen molar-refractivity contribution in [1.82, 2.24) is 14.4 Å². The quantitative estimate of drug-likeness (QED) is 0.602. The van der Waals surface area contributed by atoms with Gasteiger partial charge in [-0.25, -0.2) is 22.4 Å². The highest BCUT2D eigenvalue weighted by atomic mass is 32.2. The molecule has 0 fully saturated rings. The number of H-pyrrole nitrogens is 1. The van der Waals surface area contributed by atoms with Gasteiger partial charge in [-0.15, -0.1) is 0 Å². The number of rotatable bonds is 8. The molecule has 0 aliphatic heterocycles. The van der Waals surface area contributed by atoms with Crippen molar-refractivity contribution in [3.63, 3.8) is 0 Å². The van der Waals surface area contributed by atoms with Crippen LogP contribution in [0, 0.1) is 0 Å². The minimum atomic E-state index is -3.75. The zero-order valence-corrected chi connectivity index (χ0v) is 15.5. The number of benzene rings is 1. The molecule has 0 saturated carbocycles. The van der Waals surface area contributed by atoms with Gasteiger partial charge < -0.3 is 14.4 Å². The Kier molecular flexibility index (Phi) is 5.85. The summed E-state index contributed by atoms with van der Waals surface area (Å²) in [4.78, 5) is 12.7. The second kappa shape index (κ2) is 7.35. The van der Waals surface area contributed by atoms with Gasteiger partial charge in [0.1, 0.15) is 0 Å². The SMILES string of the molecule is CNS(=O)(=O)Cc1ccc2[nH]cc(CCN(C)P(=O)(O)OC)c2c1. The Hall–Kier alpha value is -1.22. The van der Waals surface area contributed by atoms with Crippen molar-refractivity contribution in [3.05, 3.63) is 35.5 Å². The molecule has 2 aromatic rings. The van der Waals surface area contributed by atoms with E-state index in [1.54, 1.807) is 6.07 Å². The van der Waals surface area contributed by atoms with E-state index in [0.717, 1.165) is 16.5 Å². The predicted molar refractivity (Wildman–Crippen MR) is 93.2 cm³/mol. The van der Waals surface area contributed by atoms with E-state index in [0.29, 0.717) is 18.5 Å². The number of sulfonamides is 1. The van der Waals surface area contributed by atoms with Crippen molar-refractivity contribution < 1.29 is 22.4 Å².